The van der Waals surface area contributed by atoms with Crippen molar-refractivity contribution in [2.45, 2.75) is 13.1 Å². The molecule has 0 saturated heterocycles. The lowest BCUT2D eigenvalue weighted by atomic mass is 10.3. The second kappa shape index (κ2) is 8.11. The highest BCUT2D eigenvalue weighted by Crippen LogP contribution is 2.15. The Balaban J connectivity index is 1.69. The lowest BCUT2D eigenvalue weighted by Gasteiger charge is -2.11. The quantitative estimate of drug-likeness (QED) is 0.361. The van der Waals surface area contributed by atoms with E-state index >= 15 is 0 Å². The summed E-state index contributed by atoms with van der Waals surface area (Å²) in [5.74, 6) is -0.0157. The molecule has 4 heterocycles. The van der Waals surface area contributed by atoms with Crippen molar-refractivity contribution in [2.75, 3.05) is 7.11 Å². The van der Waals surface area contributed by atoms with Crippen LogP contribution in [0.5, 0.6) is 0 Å². The van der Waals surface area contributed by atoms with E-state index in [1.165, 1.54) is 35.1 Å². The SMILES string of the molecule is COC(=O)c1coc(Cn2cnc3c2c(=O)n(Cc2ccco2)c(=O)n3-c2ccccc2)n1. The van der Waals surface area contributed by atoms with Gasteiger partial charge in [-0.2, -0.15) is 0 Å². The van der Waals surface area contributed by atoms with Gasteiger partial charge in [-0.3, -0.25) is 9.36 Å². The van der Waals surface area contributed by atoms with Crippen LogP contribution in [0, 0.1) is 0 Å². The topological polar surface area (TPSA) is 127 Å². The number of hydrogen-bond donors (Lipinski definition) is 0. The third-order valence-electron chi connectivity index (χ3n) is 5.06. The second-order valence-corrected chi connectivity index (χ2v) is 7.09. The highest BCUT2D eigenvalue weighted by atomic mass is 16.5. The number of ether oxygens (including phenoxy) is 1. The van der Waals surface area contributed by atoms with Gasteiger partial charge in [-0.15, -0.1) is 0 Å². The van der Waals surface area contributed by atoms with E-state index in [2.05, 4.69) is 14.7 Å². The van der Waals surface area contributed by atoms with Crippen LogP contribution in [0.15, 0.2) is 79.7 Å². The van der Waals surface area contributed by atoms with Gasteiger partial charge in [0.1, 0.15) is 18.6 Å². The molecule has 11 nitrogen and oxygen atoms in total. The molecule has 1 aromatic carbocycles. The van der Waals surface area contributed by atoms with Crippen molar-refractivity contribution in [1.29, 1.82) is 0 Å². The fourth-order valence-electron chi connectivity index (χ4n) is 3.53. The molecule has 5 rings (SSSR count). The van der Waals surface area contributed by atoms with Crippen molar-refractivity contribution in [3.63, 3.8) is 0 Å². The maximum absolute atomic E-state index is 13.4. The Bertz CT molecular complexity index is 1560. The minimum atomic E-state index is -0.640. The van der Waals surface area contributed by atoms with Crippen LogP contribution in [-0.4, -0.2) is 36.7 Å². The maximum atomic E-state index is 13.4. The summed E-state index contributed by atoms with van der Waals surface area (Å²) in [5, 5.41) is 0. The molecule has 0 unspecified atom stereocenters. The van der Waals surface area contributed by atoms with E-state index in [0.29, 0.717) is 11.4 Å². The zero-order valence-corrected chi connectivity index (χ0v) is 17.4. The van der Waals surface area contributed by atoms with Crippen molar-refractivity contribution in [3.8, 4) is 5.69 Å². The van der Waals surface area contributed by atoms with Gasteiger partial charge in [0.25, 0.3) is 5.56 Å². The Hall–Kier alpha value is -4.67. The molecular formula is C22H17N5O6. The highest BCUT2D eigenvalue weighted by Gasteiger charge is 2.21. The summed E-state index contributed by atoms with van der Waals surface area (Å²) in [6.45, 7) is -0.0411. The van der Waals surface area contributed by atoms with Crippen LogP contribution in [0.2, 0.25) is 0 Å². The number of rotatable bonds is 6. The number of carbonyl (C=O) groups is 1. The van der Waals surface area contributed by atoms with Gasteiger partial charge in [0.05, 0.1) is 31.9 Å². The van der Waals surface area contributed by atoms with E-state index in [4.69, 9.17) is 8.83 Å². The molecule has 33 heavy (non-hydrogen) atoms. The molecule has 0 aliphatic heterocycles. The van der Waals surface area contributed by atoms with Crippen LogP contribution in [0.3, 0.4) is 0 Å². The van der Waals surface area contributed by atoms with Gasteiger partial charge in [0, 0.05) is 0 Å². The standard InChI is InChI=1S/C22H17N5O6/c1-31-21(29)16-12-33-17(24-16)11-25-13-23-19-18(25)20(28)26(10-15-8-5-9-32-15)22(30)27(19)14-6-3-2-4-7-14/h2-9,12-13H,10-11H2,1H3. The number of hydrogen-bond acceptors (Lipinski definition) is 8. The smallest absolute Gasteiger partial charge is 0.360 e. The number of aromatic nitrogens is 5. The summed E-state index contributed by atoms with van der Waals surface area (Å²) in [7, 11) is 1.24. The van der Waals surface area contributed by atoms with Crippen molar-refractivity contribution in [3.05, 3.63) is 99.5 Å². The van der Waals surface area contributed by atoms with Gasteiger partial charge in [-0.25, -0.2) is 24.1 Å². The van der Waals surface area contributed by atoms with Crippen LogP contribution in [0.1, 0.15) is 22.1 Å². The number of imidazole rings is 1. The molecule has 0 saturated carbocycles. The highest BCUT2D eigenvalue weighted by molar-refractivity contribution is 5.86. The second-order valence-electron chi connectivity index (χ2n) is 7.09. The Morgan fingerprint density at radius 3 is 2.61 bits per heavy atom. The molecule has 166 valence electrons. The number of fused-ring (bicyclic) bond motifs is 1. The largest absolute Gasteiger partial charge is 0.467 e. The van der Waals surface area contributed by atoms with Crippen LogP contribution < -0.4 is 11.2 Å². The van der Waals surface area contributed by atoms with E-state index in [0.717, 1.165) is 4.57 Å². The molecule has 0 aliphatic rings. The van der Waals surface area contributed by atoms with Gasteiger partial charge >= 0.3 is 11.7 Å². The Morgan fingerprint density at radius 1 is 1.06 bits per heavy atom. The first-order valence-electron chi connectivity index (χ1n) is 9.88. The zero-order valence-electron chi connectivity index (χ0n) is 17.4. The third-order valence-corrected chi connectivity index (χ3v) is 5.06. The van der Waals surface area contributed by atoms with Gasteiger partial charge in [-0.1, -0.05) is 18.2 Å². The van der Waals surface area contributed by atoms with E-state index in [1.54, 1.807) is 36.4 Å². The average molecular weight is 447 g/mol. The van der Waals surface area contributed by atoms with Crippen molar-refractivity contribution in [2.24, 2.45) is 0 Å². The Labute approximate surface area is 185 Å². The van der Waals surface area contributed by atoms with Crippen LogP contribution in [0.25, 0.3) is 16.9 Å². The van der Waals surface area contributed by atoms with Crippen molar-refractivity contribution >= 4 is 17.1 Å². The van der Waals surface area contributed by atoms with Crippen molar-refractivity contribution < 1.29 is 18.4 Å². The summed E-state index contributed by atoms with van der Waals surface area (Å²) in [6, 6.07) is 12.3. The number of oxazole rings is 1. The minimum Gasteiger partial charge on any atom is -0.467 e. The van der Waals surface area contributed by atoms with E-state index in [-0.39, 0.29) is 35.8 Å². The molecule has 5 aromatic rings. The molecule has 0 spiro atoms. The molecule has 0 bridgehead atoms. The number of nitrogens with zero attached hydrogens (tertiary/aromatic N) is 5. The van der Waals surface area contributed by atoms with Gasteiger partial charge in [0.2, 0.25) is 5.89 Å². The van der Waals surface area contributed by atoms with E-state index in [1.807, 2.05) is 6.07 Å². The molecule has 0 radical (unpaired) electrons. The number of para-hydroxylation sites is 1. The van der Waals surface area contributed by atoms with Gasteiger partial charge in [-0.05, 0) is 24.3 Å². The summed E-state index contributed by atoms with van der Waals surface area (Å²) >= 11 is 0. The number of methoxy groups -OCH3 is 1. The number of benzene rings is 1. The first-order valence-corrected chi connectivity index (χ1v) is 9.88. The molecule has 0 amide bonds. The molecule has 0 atom stereocenters. The average Bonchev–Trinajstić information content (AvgIpc) is 3.59. The zero-order chi connectivity index (χ0) is 22.9. The summed E-state index contributed by atoms with van der Waals surface area (Å²) in [5.41, 5.74) is -0.182. The maximum Gasteiger partial charge on any atom is 0.360 e. The van der Waals surface area contributed by atoms with Crippen LogP contribution in [0.4, 0.5) is 0 Å². The third kappa shape index (κ3) is 3.55. The number of esters is 1. The number of carbonyl (C=O) groups excluding carboxylic acids is 1. The molecule has 11 heteroatoms. The molecule has 0 N–H and O–H groups in total. The van der Waals surface area contributed by atoms with Gasteiger partial charge in [0.15, 0.2) is 16.9 Å². The summed E-state index contributed by atoms with van der Waals surface area (Å²) in [6.07, 6.45) is 4.07. The van der Waals surface area contributed by atoms with Crippen molar-refractivity contribution in [1.82, 2.24) is 23.7 Å². The predicted molar refractivity (Wildman–Crippen MR) is 114 cm³/mol. The predicted octanol–water partition coefficient (Wildman–Crippen LogP) is 1.81. The van der Waals surface area contributed by atoms with E-state index in [9.17, 15) is 14.4 Å². The molecule has 4 aromatic heterocycles. The van der Waals surface area contributed by atoms with Crippen LogP contribution >= 0.6 is 0 Å². The fraction of sp³-hybridized carbons (Fsp3) is 0.136. The Morgan fingerprint density at radius 2 is 1.88 bits per heavy atom. The Kier molecular flexibility index (Phi) is 4.98. The first kappa shape index (κ1) is 20.2. The lowest BCUT2D eigenvalue weighted by molar-refractivity contribution is 0.0594. The molecule has 0 fully saturated rings. The first-order chi connectivity index (χ1) is 16.1. The monoisotopic (exact) mass is 447 g/mol. The van der Waals surface area contributed by atoms with Gasteiger partial charge < -0.3 is 18.1 Å². The minimum absolute atomic E-state index is 0.00773. The molecular weight excluding hydrogens is 430 g/mol. The van der Waals surface area contributed by atoms with Crippen LogP contribution in [-0.2, 0) is 17.8 Å². The normalized spacial score (nSPS) is 11.2. The summed E-state index contributed by atoms with van der Waals surface area (Å²) in [4.78, 5) is 46.9. The molecule has 0 aliphatic carbocycles. The fourth-order valence-corrected chi connectivity index (χ4v) is 3.53. The summed E-state index contributed by atoms with van der Waals surface area (Å²) < 4.78 is 19.3. The van der Waals surface area contributed by atoms with E-state index < -0.39 is 17.2 Å². The number of furan rings is 1. The lowest BCUT2D eigenvalue weighted by Crippen LogP contribution is -2.40.